The van der Waals surface area contributed by atoms with Gasteiger partial charge in [-0.1, -0.05) is 12.8 Å². The summed E-state index contributed by atoms with van der Waals surface area (Å²) in [6.45, 7) is 0.951. The number of rotatable bonds is 0. The van der Waals surface area contributed by atoms with Crippen molar-refractivity contribution in [3.05, 3.63) is 24.5 Å². The van der Waals surface area contributed by atoms with Crippen LogP contribution in [-0.2, 0) is 0 Å². The van der Waals surface area contributed by atoms with Gasteiger partial charge in [0.25, 0.3) is 0 Å². The molecule has 0 bridgehead atoms. The van der Waals surface area contributed by atoms with E-state index in [0.29, 0.717) is 6.04 Å². The van der Waals surface area contributed by atoms with Crippen LogP contribution in [0, 0.1) is 5.92 Å². The lowest BCUT2D eigenvalue weighted by atomic mass is 9.85. The Morgan fingerprint density at radius 1 is 1.06 bits per heavy atom. The summed E-state index contributed by atoms with van der Waals surface area (Å²) in [5.41, 5.74) is 0. The third-order valence-electron chi connectivity index (χ3n) is 4.08. The number of nitrogens with zero attached hydrogens (tertiary/aromatic N) is 2. The molecule has 2 aliphatic rings. The molecule has 1 amide bonds. The predicted molar refractivity (Wildman–Crippen MR) is 62.3 cm³/mol. The molecule has 1 aromatic rings. The summed E-state index contributed by atoms with van der Waals surface area (Å²) in [6, 6.07) is 4.50. The normalized spacial score (nSPS) is 29.1. The number of carbonyl (C=O) groups excluding carboxylic acids is 1. The number of amides is 1. The highest BCUT2D eigenvalue weighted by molar-refractivity contribution is 5.77. The Morgan fingerprint density at radius 3 is 2.62 bits per heavy atom. The van der Waals surface area contributed by atoms with E-state index in [0.717, 1.165) is 12.5 Å². The molecule has 3 heteroatoms. The van der Waals surface area contributed by atoms with Gasteiger partial charge in [0.15, 0.2) is 0 Å². The molecule has 1 aliphatic heterocycles. The fraction of sp³-hybridized carbons (Fsp3) is 0.615. The smallest absolute Gasteiger partial charge is 0.321 e. The first kappa shape index (κ1) is 9.94. The minimum Gasteiger partial charge on any atom is -0.321 e. The number of fused-ring (bicyclic) bond motifs is 1. The highest BCUT2D eigenvalue weighted by atomic mass is 16.2. The van der Waals surface area contributed by atoms with Crippen molar-refractivity contribution in [1.29, 1.82) is 0 Å². The molecule has 86 valence electrons. The van der Waals surface area contributed by atoms with Gasteiger partial charge in [0.1, 0.15) is 0 Å². The zero-order valence-corrected chi connectivity index (χ0v) is 9.51. The molecule has 1 saturated heterocycles. The van der Waals surface area contributed by atoms with Crippen LogP contribution >= 0.6 is 0 Å². The molecular formula is C13H18N2O. The summed E-state index contributed by atoms with van der Waals surface area (Å²) >= 11 is 0. The van der Waals surface area contributed by atoms with Gasteiger partial charge in [0.05, 0.1) is 0 Å². The molecule has 2 unspecified atom stereocenters. The minimum atomic E-state index is 0.166. The number of hydrogen-bond donors (Lipinski definition) is 0. The van der Waals surface area contributed by atoms with Gasteiger partial charge in [-0.05, 0) is 37.3 Å². The van der Waals surface area contributed by atoms with Crippen molar-refractivity contribution in [2.24, 2.45) is 5.92 Å². The molecule has 0 N–H and O–H groups in total. The Hall–Kier alpha value is -1.25. The summed E-state index contributed by atoms with van der Waals surface area (Å²) in [5, 5.41) is 0. The quantitative estimate of drug-likeness (QED) is 0.657. The second-order valence-electron chi connectivity index (χ2n) is 4.97. The Morgan fingerprint density at radius 2 is 1.81 bits per heavy atom. The van der Waals surface area contributed by atoms with E-state index in [2.05, 4.69) is 4.90 Å². The Kier molecular flexibility index (Phi) is 2.46. The average Bonchev–Trinajstić information content (AvgIpc) is 2.98. The van der Waals surface area contributed by atoms with Crippen LogP contribution in [0.25, 0.3) is 0 Å². The Bertz CT molecular complexity index is 371. The topological polar surface area (TPSA) is 25.2 Å². The molecular weight excluding hydrogens is 200 g/mol. The van der Waals surface area contributed by atoms with Crippen LogP contribution in [-0.4, -0.2) is 28.1 Å². The fourth-order valence-electron chi connectivity index (χ4n) is 3.25. The highest BCUT2D eigenvalue weighted by Crippen LogP contribution is 2.36. The first-order chi connectivity index (χ1) is 7.86. The molecule has 0 radical (unpaired) electrons. The van der Waals surface area contributed by atoms with Gasteiger partial charge in [-0.2, -0.15) is 0 Å². The molecule has 16 heavy (non-hydrogen) atoms. The van der Waals surface area contributed by atoms with Crippen molar-refractivity contribution in [2.75, 3.05) is 6.54 Å². The van der Waals surface area contributed by atoms with Crippen LogP contribution in [0.1, 0.15) is 32.1 Å². The number of likely N-dealkylation sites (tertiary alicyclic amines) is 1. The summed E-state index contributed by atoms with van der Waals surface area (Å²) < 4.78 is 1.71. The molecule has 0 spiro atoms. The Labute approximate surface area is 96.0 Å². The van der Waals surface area contributed by atoms with E-state index in [1.807, 2.05) is 24.5 Å². The average molecular weight is 218 g/mol. The lowest BCUT2D eigenvalue weighted by Crippen LogP contribution is -2.41. The maximum absolute atomic E-state index is 12.3. The molecule has 2 heterocycles. The summed E-state index contributed by atoms with van der Waals surface area (Å²) in [6.07, 6.45) is 10.1. The lowest BCUT2D eigenvalue weighted by Gasteiger charge is -2.31. The van der Waals surface area contributed by atoms with Crippen LogP contribution < -0.4 is 0 Å². The van der Waals surface area contributed by atoms with Crippen LogP contribution in [0.4, 0.5) is 4.79 Å². The van der Waals surface area contributed by atoms with Crippen molar-refractivity contribution < 1.29 is 4.79 Å². The van der Waals surface area contributed by atoms with E-state index in [1.165, 1.54) is 32.1 Å². The standard InChI is InChI=1S/C13H18N2O/c16-13(14-8-3-4-9-14)15-10-7-11-5-1-2-6-12(11)15/h3-4,8-9,11-12H,1-2,5-7,10H2. The highest BCUT2D eigenvalue weighted by Gasteiger charge is 2.38. The number of carbonyl (C=O) groups is 1. The molecule has 1 aliphatic carbocycles. The van der Waals surface area contributed by atoms with Gasteiger partial charge < -0.3 is 4.90 Å². The van der Waals surface area contributed by atoms with E-state index >= 15 is 0 Å². The zero-order chi connectivity index (χ0) is 11.0. The van der Waals surface area contributed by atoms with Crippen molar-refractivity contribution in [2.45, 2.75) is 38.1 Å². The van der Waals surface area contributed by atoms with Gasteiger partial charge >= 0.3 is 6.03 Å². The first-order valence-electron chi connectivity index (χ1n) is 6.30. The number of aromatic nitrogens is 1. The maximum atomic E-state index is 12.3. The monoisotopic (exact) mass is 218 g/mol. The third-order valence-corrected chi connectivity index (χ3v) is 4.08. The summed E-state index contributed by atoms with van der Waals surface area (Å²) in [4.78, 5) is 14.3. The van der Waals surface area contributed by atoms with E-state index in [4.69, 9.17) is 0 Å². The predicted octanol–water partition coefficient (Wildman–Crippen LogP) is 2.72. The molecule has 3 nitrogen and oxygen atoms in total. The molecule has 2 fully saturated rings. The van der Waals surface area contributed by atoms with Crippen molar-refractivity contribution in [3.63, 3.8) is 0 Å². The number of hydrogen-bond acceptors (Lipinski definition) is 1. The second kappa shape index (κ2) is 3.96. The maximum Gasteiger partial charge on any atom is 0.328 e. The molecule has 0 aromatic carbocycles. The van der Waals surface area contributed by atoms with Gasteiger partial charge in [0, 0.05) is 25.0 Å². The zero-order valence-electron chi connectivity index (χ0n) is 9.51. The SMILES string of the molecule is O=C(N1CCC2CCCCC21)n1cccc1. The van der Waals surface area contributed by atoms with E-state index < -0.39 is 0 Å². The second-order valence-corrected chi connectivity index (χ2v) is 4.97. The molecule has 2 atom stereocenters. The van der Waals surface area contributed by atoms with Crippen molar-refractivity contribution in [1.82, 2.24) is 9.47 Å². The fourth-order valence-corrected chi connectivity index (χ4v) is 3.25. The Balaban J connectivity index is 1.78. The molecule has 1 saturated carbocycles. The summed E-state index contributed by atoms with van der Waals surface area (Å²) in [5.74, 6) is 0.772. The van der Waals surface area contributed by atoms with E-state index in [1.54, 1.807) is 4.57 Å². The van der Waals surface area contributed by atoms with Crippen LogP contribution in [0.3, 0.4) is 0 Å². The summed E-state index contributed by atoms with van der Waals surface area (Å²) in [7, 11) is 0. The molecule has 3 rings (SSSR count). The van der Waals surface area contributed by atoms with Crippen molar-refractivity contribution in [3.8, 4) is 0 Å². The van der Waals surface area contributed by atoms with Gasteiger partial charge in [0.2, 0.25) is 0 Å². The van der Waals surface area contributed by atoms with E-state index in [-0.39, 0.29) is 6.03 Å². The van der Waals surface area contributed by atoms with Gasteiger partial charge in [-0.25, -0.2) is 4.79 Å². The van der Waals surface area contributed by atoms with Crippen LogP contribution in [0.5, 0.6) is 0 Å². The van der Waals surface area contributed by atoms with E-state index in [9.17, 15) is 4.79 Å². The lowest BCUT2D eigenvalue weighted by molar-refractivity contribution is 0.171. The third kappa shape index (κ3) is 1.55. The molecule has 1 aromatic heterocycles. The van der Waals surface area contributed by atoms with Crippen LogP contribution in [0.15, 0.2) is 24.5 Å². The minimum absolute atomic E-state index is 0.166. The van der Waals surface area contributed by atoms with Gasteiger partial charge in [-0.3, -0.25) is 4.57 Å². The van der Waals surface area contributed by atoms with Gasteiger partial charge in [-0.15, -0.1) is 0 Å². The van der Waals surface area contributed by atoms with Crippen LogP contribution in [0.2, 0.25) is 0 Å². The largest absolute Gasteiger partial charge is 0.328 e. The van der Waals surface area contributed by atoms with Crippen molar-refractivity contribution >= 4 is 6.03 Å². The first-order valence-corrected chi connectivity index (χ1v) is 6.30.